The van der Waals surface area contributed by atoms with Gasteiger partial charge in [-0.3, -0.25) is 0 Å². The van der Waals surface area contributed by atoms with Crippen molar-refractivity contribution >= 4 is 5.69 Å². The number of anilines is 1. The second kappa shape index (κ2) is 5.40. The van der Waals surface area contributed by atoms with Gasteiger partial charge >= 0.3 is 0 Å². The number of nitrogens with one attached hydrogen (secondary N) is 1. The lowest BCUT2D eigenvalue weighted by atomic mass is 10.1. The molecule has 0 aliphatic heterocycles. The van der Waals surface area contributed by atoms with Crippen LogP contribution in [0.2, 0.25) is 0 Å². The normalized spacial score (nSPS) is 9.95. The number of hydrogen-bond acceptors (Lipinski definition) is 3. The number of nitrogens with zero attached hydrogens (tertiary/aromatic N) is 1. The topological polar surface area (TPSA) is 56.0 Å². The Morgan fingerprint density at radius 1 is 1.26 bits per heavy atom. The van der Waals surface area contributed by atoms with Gasteiger partial charge in [0.05, 0.1) is 5.69 Å². The molecule has 0 aliphatic rings. The molecule has 0 bridgehead atoms. The number of phenolic OH excluding ortho intramolecular Hbond substituents is 1. The van der Waals surface area contributed by atoms with Crippen LogP contribution in [0.15, 0.2) is 36.4 Å². The number of rotatable bonds is 3. The minimum atomic E-state index is -0.555. The molecule has 0 spiro atoms. The lowest BCUT2D eigenvalue weighted by Crippen LogP contribution is -2.03. The summed E-state index contributed by atoms with van der Waals surface area (Å²) in [7, 11) is 0. The van der Waals surface area contributed by atoms with Crippen LogP contribution in [0.25, 0.3) is 0 Å². The van der Waals surface area contributed by atoms with Crippen LogP contribution in [-0.4, -0.2) is 5.11 Å². The van der Waals surface area contributed by atoms with Crippen LogP contribution in [0.1, 0.15) is 16.7 Å². The van der Waals surface area contributed by atoms with Crippen LogP contribution < -0.4 is 5.32 Å². The van der Waals surface area contributed by atoms with Gasteiger partial charge in [-0.1, -0.05) is 24.3 Å². The van der Waals surface area contributed by atoms with Crippen molar-refractivity contribution in [3.8, 4) is 11.8 Å². The van der Waals surface area contributed by atoms with Gasteiger partial charge in [-0.05, 0) is 24.6 Å². The number of benzene rings is 2. The predicted molar refractivity (Wildman–Crippen MR) is 71.3 cm³/mol. The van der Waals surface area contributed by atoms with Gasteiger partial charge in [0.25, 0.3) is 0 Å². The molecule has 0 amide bonds. The molecule has 0 heterocycles. The van der Waals surface area contributed by atoms with Crippen molar-refractivity contribution in [1.29, 1.82) is 5.26 Å². The zero-order valence-corrected chi connectivity index (χ0v) is 10.4. The van der Waals surface area contributed by atoms with E-state index in [0.717, 1.165) is 5.56 Å². The van der Waals surface area contributed by atoms with Gasteiger partial charge in [0.2, 0.25) is 0 Å². The number of phenols is 1. The van der Waals surface area contributed by atoms with Gasteiger partial charge < -0.3 is 10.4 Å². The van der Waals surface area contributed by atoms with Gasteiger partial charge in [-0.25, -0.2) is 4.39 Å². The smallest absolute Gasteiger partial charge is 0.143 e. The maximum absolute atomic E-state index is 13.4. The molecule has 2 rings (SSSR count). The fourth-order valence-corrected chi connectivity index (χ4v) is 1.84. The second-order valence-electron chi connectivity index (χ2n) is 4.21. The molecule has 2 N–H and O–H groups in total. The van der Waals surface area contributed by atoms with E-state index < -0.39 is 5.82 Å². The third-order valence-corrected chi connectivity index (χ3v) is 2.92. The van der Waals surface area contributed by atoms with E-state index in [4.69, 9.17) is 5.26 Å². The molecule has 4 heteroatoms. The number of halogens is 1. The number of nitriles is 1. The lowest BCUT2D eigenvalue weighted by Gasteiger charge is -2.11. The van der Waals surface area contributed by atoms with E-state index in [9.17, 15) is 9.50 Å². The van der Waals surface area contributed by atoms with Gasteiger partial charge in [-0.15, -0.1) is 0 Å². The largest absolute Gasteiger partial charge is 0.507 e. The highest BCUT2D eigenvalue weighted by atomic mass is 19.1. The molecule has 0 aliphatic carbocycles. The van der Waals surface area contributed by atoms with Gasteiger partial charge in [0.15, 0.2) is 0 Å². The number of aryl methyl sites for hydroxylation is 1. The van der Waals surface area contributed by atoms with Crippen LogP contribution in [0.5, 0.6) is 5.75 Å². The fraction of sp³-hybridized carbons (Fsp3) is 0.133. The van der Waals surface area contributed by atoms with Crippen molar-refractivity contribution in [2.24, 2.45) is 0 Å². The molecule has 0 unspecified atom stereocenters. The highest BCUT2D eigenvalue weighted by Gasteiger charge is 2.08. The monoisotopic (exact) mass is 256 g/mol. The molecular formula is C15H13FN2O. The molecule has 0 radical (unpaired) electrons. The van der Waals surface area contributed by atoms with Gasteiger partial charge in [0.1, 0.15) is 23.2 Å². The summed E-state index contributed by atoms with van der Waals surface area (Å²) in [6, 6.07) is 11.7. The molecule has 0 fully saturated rings. The highest BCUT2D eigenvalue weighted by molar-refractivity contribution is 5.58. The molecular weight excluding hydrogens is 243 g/mol. The van der Waals surface area contributed by atoms with Crippen molar-refractivity contribution in [2.75, 3.05) is 5.32 Å². The Kier molecular flexibility index (Phi) is 3.67. The Balaban J connectivity index is 2.22. The molecule has 3 nitrogen and oxygen atoms in total. The maximum Gasteiger partial charge on any atom is 0.143 e. The number of aromatic hydroxyl groups is 1. The van der Waals surface area contributed by atoms with E-state index in [1.54, 1.807) is 12.1 Å². The summed E-state index contributed by atoms with van der Waals surface area (Å²) >= 11 is 0. The summed E-state index contributed by atoms with van der Waals surface area (Å²) in [5.74, 6) is -0.342. The lowest BCUT2D eigenvalue weighted by molar-refractivity contribution is 0.465. The third-order valence-electron chi connectivity index (χ3n) is 2.92. The standard InChI is InChI=1S/C15H13FN2O/c1-10-4-2-5-11(15(10)19)9-18-14-7-3-6-13(16)12(14)8-17/h2-7,18-19H,9H2,1H3. The molecule has 2 aromatic rings. The van der Waals surface area contributed by atoms with E-state index in [1.807, 2.05) is 25.1 Å². The van der Waals surface area contributed by atoms with E-state index in [2.05, 4.69) is 5.32 Å². The van der Waals surface area contributed by atoms with E-state index in [0.29, 0.717) is 17.8 Å². The van der Waals surface area contributed by atoms with Crippen molar-refractivity contribution < 1.29 is 9.50 Å². The first-order valence-electron chi connectivity index (χ1n) is 5.83. The molecule has 0 saturated carbocycles. The zero-order chi connectivity index (χ0) is 13.8. The average Bonchev–Trinajstić information content (AvgIpc) is 2.40. The summed E-state index contributed by atoms with van der Waals surface area (Å²) in [6.45, 7) is 2.13. The summed E-state index contributed by atoms with van der Waals surface area (Å²) in [5.41, 5.74) is 1.88. The van der Waals surface area contributed by atoms with Crippen LogP contribution in [0.3, 0.4) is 0 Å². The molecule has 0 saturated heterocycles. The first-order chi connectivity index (χ1) is 9.13. The van der Waals surface area contributed by atoms with Gasteiger partial charge in [-0.2, -0.15) is 5.26 Å². The first-order valence-corrected chi connectivity index (χ1v) is 5.83. The van der Waals surface area contributed by atoms with Crippen molar-refractivity contribution in [2.45, 2.75) is 13.5 Å². The van der Waals surface area contributed by atoms with Crippen LogP contribution in [-0.2, 0) is 6.54 Å². The molecule has 96 valence electrons. The Labute approximate surface area is 110 Å². The summed E-state index contributed by atoms with van der Waals surface area (Å²) in [6.07, 6.45) is 0. The molecule has 0 atom stereocenters. The van der Waals surface area contributed by atoms with Crippen molar-refractivity contribution in [3.05, 3.63) is 58.9 Å². The highest BCUT2D eigenvalue weighted by Crippen LogP contribution is 2.24. The quantitative estimate of drug-likeness (QED) is 0.885. The minimum Gasteiger partial charge on any atom is -0.507 e. The molecule has 0 aromatic heterocycles. The summed E-state index contributed by atoms with van der Waals surface area (Å²) < 4.78 is 13.4. The average molecular weight is 256 g/mol. The summed E-state index contributed by atoms with van der Waals surface area (Å²) in [4.78, 5) is 0. The minimum absolute atomic E-state index is 0.0188. The van der Waals surface area contributed by atoms with E-state index in [-0.39, 0.29) is 11.3 Å². The molecule has 2 aromatic carbocycles. The van der Waals surface area contributed by atoms with E-state index >= 15 is 0 Å². The Morgan fingerprint density at radius 2 is 2.00 bits per heavy atom. The van der Waals surface area contributed by atoms with E-state index in [1.165, 1.54) is 12.1 Å². The number of para-hydroxylation sites is 1. The summed E-state index contributed by atoms with van der Waals surface area (Å²) in [5, 5.41) is 21.8. The Bertz CT molecular complexity index is 647. The third kappa shape index (κ3) is 2.66. The zero-order valence-electron chi connectivity index (χ0n) is 10.4. The van der Waals surface area contributed by atoms with Crippen LogP contribution in [0.4, 0.5) is 10.1 Å². The van der Waals surface area contributed by atoms with Crippen LogP contribution >= 0.6 is 0 Å². The first kappa shape index (κ1) is 12.9. The maximum atomic E-state index is 13.4. The SMILES string of the molecule is Cc1cccc(CNc2cccc(F)c2C#N)c1O. The van der Waals surface area contributed by atoms with Crippen molar-refractivity contribution in [3.63, 3.8) is 0 Å². The molecule has 19 heavy (non-hydrogen) atoms. The predicted octanol–water partition coefficient (Wildman–Crippen LogP) is 3.32. The Morgan fingerprint density at radius 3 is 2.74 bits per heavy atom. The van der Waals surface area contributed by atoms with Crippen LogP contribution in [0, 0.1) is 24.1 Å². The fourth-order valence-electron chi connectivity index (χ4n) is 1.84. The number of hydrogen-bond donors (Lipinski definition) is 2. The van der Waals surface area contributed by atoms with Crippen molar-refractivity contribution in [1.82, 2.24) is 0 Å². The Hall–Kier alpha value is -2.54. The second-order valence-corrected chi connectivity index (χ2v) is 4.21. The van der Waals surface area contributed by atoms with Gasteiger partial charge in [0, 0.05) is 12.1 Å².